The van der Waals surface area contributed by atoms with Crippen molar-refractivity contribution in [2.24, 2.45) is 0 Å². The smallest absolute Gasteiger partial charge is 0.224 e. The Morgan fingerprint density at radius 3 is 2.06 bits per heavy atom. The molecule has 0 bridgehead atoms. The first kappa shape index (κ1) is 12.4. The van der Waals surface area contributed by atoms with Crippen LogP contribution in [-0.2, 0) is 0 Å². The molecule has 0 aliphatic rings. The zero-order valence-electron chi connectivity index (χ0n) is 10.4. The van der Waals surface area contributed by atoms with E-state index in [1.54, 1.807) is 0 Å². The molecule has 0 amide bonds. The fraction of sp³-hybridized carbons (Fsp3) is 0.600. The van der Waals surface area contributed by atoms with Crippen molar-refractivity contribution in [3.8, 4) is 0 Å². The molecule has 4 N–H and O–H groups in total. The zero-order chi connectivity index (χ0) is 12.3. The first-order chi connectivity index (χ1) is 7.51. The van der Waals surface area contributed by atoms with E-state index in [4.69, 9.17) is 11.5 Å². The van der Waals surface area contributed by atoms with Crippen molar-refractivity contribution in [1.29, 1.82) is 0 Å². The lowest BCUT2D eigenvalue weighted by atomic mass is 10.3. The summed E-state index contributed by atoms with van der Waals surface area (Å²) in [4.78, 5) is 12.3. The molecule has 0 unspecified atom stereocenters. The quantitative estimate of drug-likeness (QED) is 0.777. The van der Waals surface area contributed by atoms with E-state index in [1.807, 2.05) is 19.0 Å². The fourth-order valence-corrected chi connectivity index (χ4v) is 1.65. The molecule has 90 valence electrons. The van der Waals surface area contributed by atoms with Crippen LogP contribution in [0.1, 0.15) is 13.8 Å². The Balaban J connectivity index is 3.33. The van der Waals surface area contributed by atoms with Gasteiger partial charge in [0.15, 0.2) is 11.6 Å². The van der Waals surface area contributed by atoms with Gasteiger partial charge in [0.25, 0.3) is 0 Å². The Hall–Kier alpha value is -1.72. The summed E-state index contributed by atoms with van der Waals surface area (Å²) in [6.07, 6.45) is 0. The summed E-state index contributed by atoms with van der Waals surface area (Å²) in [6.45, 7) is 5.84. The third-order valence-electron chi connectivity index (χ3n) is 2.42. The second kappa shape index (κ2) is 4.87. The summed E-state index contributed by atoms with van der Waals surface area (Å²) in [5.41, 5.74) is 12.3. The lowest BCUT2D eigenvalue weighted by molar-refractivity contribution is 0.840. The Labute approximate surface area is 96.3 Å². The Morgan fingerprint density at radius 2 is 1.62 bits per heavy atom. The van der Waals surface area contributed by atoms with Crippen molar-refractivity contribution in [3.63, 3.8) is 0 Å². The van der Waals surface area contributed by atoms with Gasteiger partial charge in [-0.15, -0.1) is 0 Å². The number of nitrogen functional groups attached to an aromatic ring is 2. The Kier molecular flexibility index (Phi) is 3.76. The van der Waals surface area contributed by atoms with E-state index < -0.39 is 0 Å². The van der Waals surface area contributed by atoms with Gasteiger partial charge < -0.3 is 21.3 Å². The van der Waals surface area contributed by atoms with Crippen molar-refractivity contribution < 1.29 is 0 Å². The highest BCUT2D eigenvalue weighted by Gasteiger charge is 2.17. The van der Waals surface area contributed by atoms with Crippen LogP contribution in [0.15, 0.2) is 0 Å². The average Bonchev–Trinajstić information content (AvgIpc) is 2.17. The van der Waals surface area contributed by atoms with Gasteiger partial charge >= 0.3 is 0 Å². The molecular weight excluding hydrogens is 204 g/mol. The average molecular weight is 224 g/mol. The molecule has 1 rings (SSSR count). The third-order valence-corrected chi connectivity index (χ3v) is 2.42. The summed E-state index contributed by atoms with van der Waals surface area (Å²) in [5.74, 6) is 1.42. The number of rotatable bonds is 4. The van der Waals surface area contributed by atoms with Crippen LogP contribution in [0, 0.1) is 0 Å². The van der Waals surface area contributed by atoms with Gasteiger partial charge in [-0.1, -0.05) is 0 Å². The van der Waals surface area contributed by atoms with Gasteiger partial charge in [-0.25, -0.2) is 0 Å². The van der Waals surface area contributed by atoms with E-state index in [2.05, 4.69) is 28.7 Å². The van der Waals surface area contributed by atoms with Crippen LogP contribution in [0.2, 0.25) is 0 Å². The van der Waals surface area contributed by atoms with Crippen molar-refractivity contribution in [2.45, 2.75) is 13.8 Å². The molecule has 1 heterocycles. The lowest BCUT2D eigenvalue weighted by Gasteiger charge is -2.26. The third kappa shape index (κ3) is 2.26. The highest BCUT2D eigenvalue weighted by Crippen LogP contribution is 2.31. The first-order valence-corrected chi connectivity index (χ1v) is 5.36. The highest BCUT2D eigenvalue weighted by molar-refractivity contribution is 5.78. The van der Waals surface area contributed by atoms with Gasteiger partial charge in [0, 0.05) is 27.2 Å². The van der Waals surface area contributed by atoms with Gasteiger partial charge in [-0.05, 0) is 13.8 Å². The van der Waals surface area contributed by atoms with Gasteiger partial charge in [-0.2, -0.15) is 9.97 Å². The van der Waals surface area contributed by atoms with Crippen LogP contribution in [0.25, 0.3) is 0 Å². The molecule has 0 radical (unpaired) electrons. The molecule has 0 fully saturated rings. The summed E-state index contributed by atoms with van der Waals surface area (Å²) < 4.78 is 0. The Morgan fingerprint density at radius 1 is 1.06 bits per heavy atom. The van der Waals surface area contributed by atoms with Crippen LogP contribution in [0.4, 0.5) is 23.3 Å². The predicted octanol–water partition coefficient (Wildman–Crippen LogP) is 0.553. The fourth-order valence-electron chi connectivity index (χ4n) is 1.65. The van der Waals surface area contributed by atoms with Crippen molar-refractivity contribution in [3.05, 3.63) is 0 Å². The topological polar surface area (TPSA) is 84.3 Å². The molecular formula is C10H20N6. The molecule has 0 aliphatic carbocycles. The number of nitrogens with zero attached hydrogens (tertiary/aromatic N) is 4. The molecule has 0 saturated carbocycles. The summed E-state index contributed by atoms with van der Waals surface area (Å²) >= 11 is 0. The van der Waals surface area contributed by atoms with Gasteiger partial charge in [-0.3, -0.25) is 0 Å². The molecule has 0 saturated heterocycles. The van der Waals surface area contributed by atoms with E-state index in [0.29, 0.717) is 5.82 Å². The monoisotopic (exact) mass is 224 g/mol. The highest BCUT2D eigenvalue weighted by atomic mass is 15.3. The van der Waals surface area contributed by atoms with Crippen molar-refractivity contribution >= 4 is 23.3 Å². The van der Waals surface area contributed by atoms with Gasteiger partial charge in [0.1, 0.15) is 5.69 Å². The molecule has 0 aromatic carbocycles. The van der Waals surface area contributed by atoms with Crippen LogP contribution in [-0.4, -0.2) is 37.2 Å². The molecule has 16 heavy (non-hydrogen) atoms. The normalized spacial score (nSPS) is 10.2. The summed E-state index contributed by atoms with van der Waals surface area (Å²) in [5, 5.41) is 0. The minimum absolute atomic E-state index is 0.213. The maximum Gasteiger partial charge on any atom is 0.224 e. The standard InChI is InChI=1S/C10H20N6/c1-5-16(6-2)9-7(15(3)4)8(11)13-10(12)14-9/h5-6H2,1-4H3,(H4,11,12,13,14). The molecule has 0 aliphatic heterocycles. The van der Waals surface area contributed by atoms with Crippen LogP contribution >= 0.6 is 0 Å². The Bertz CT molecular complexity index is 359. The summed E-state index contributed by atoms with van der Waals surface area (Å²) in [7, 11) is 3.83. The van der Waals surface area contributed by atoms with Gasteiger partial charge in [0.2, 0.25) is 5.95 Å². The molecule has 6 heteroatoms. The number of aromatic nitrogens is 2. The molecule has 0 atom stereocenters. The van der Waals surface area contributed by atoms with Crippen LogP contribution < -0.4 is 21.3 Å². The number of hydrogen-bond donors (Lipinski definition) is 2. The zero-order valence-corrected chi connectivity index (χ0v) is 10.4. The summed E-state index contributed by atoms with van der Waals surface area (Å²) in [6, 6.07) is 0. The van der Waals surface area contributed by atoms with Gasteiger partial charge in [0.05, 0.1) is 0 Å². The molecule has 0 spiro atoms. The van der Waals surface area contributed by atoms with E-state index in [-0.39, 0.29) is 5.95 Å². The van der Waals surface area contributed by atoms with E-state index in [9.17, 15) is 0 Å². The number of hydrogen-bond acceptors (Lipinski definition) is 6. The van der Waals surface area contributed by atoms with E-state index in [0.717, 1.165) is 24.6 Å². The molecule has 1 aromatic rings. The molecule has 6 nitrogen and oxygen atoms in total. The maximum absolute atomic E-state index is 5.87. The minimum Gasteiger partial charge on any atom is -0.382 e. The number of nitrogens with two attached hydrogens (primary N) is 2. The first-order valence-electron chi connectivity index (χ1n) is 5.36. The number of anilines is 4. The largest absolute Gasteiger partial charge is 0.382 e. The second-order valence-electron chi connectivity index (χ2n) is 3.71. The second-order valence-corrected chi connectivity index (χ2v) is 3.71. The SMILES string of the molecule is CCN(CC)c1nc(N)nc(N)c1N(C)C. The van der Waals surface area contributed by atoms with Crippen molar-refractivity contribution in [2.75, 3.05) is 48.5 Å². The minimum atomic E-state index is 0.213. The molecule has 1 aromatic heterocycles. The van der Waals surface area contributed by atoms with Crippen LogP contribution in [0.3, 0.4) is 0 Å². The maximum atomic E-state index is 5.87. The van der Waals surface area contributed by atoms with E-state index in [1.165, 1.54) is 0 Å². The van der Waals surface area contributed by atoms with E-state index >= 15 is 0 Å². The van der Waals surface area contributed by atoms with Crippen molar-refractivity contribution in [1.82, 2.24) is 9.97 Å². The lowest BCUT2D eigenvalue weighted by Crippen LogP contribution is -2.27. The van der Waals surface area contributed by atoms with Crippen LogP contribution in [0.5, 0.6) is 0 Å². The predicted molar refractivity (Wildman–Crippen MR) is 68.7 cm³/mol.